The van der Waals surface area contributed by atoms with Gasteiger partial charge in [0.15, 0.2) is 0 Å². The van der Waals surface area contributed by atoms with Crippen LogP contribution in [0.15, 0.2) is 150 Å². The van der Waals surface area contributed by atoms with Gasteiger partial charge >= 0.3 is 0 Å². The van der Waals surface area contributed by atoms with Crippen molar-refractivity contribution >= 4 is 37.6 Å². The second kappa shape index (κ2) is 9.01. The summed E-state index contributed by atoms with van der Waals surface area (Å²) < 4.78 is 1.05. The minimum Gasteiger partial charge on any atom is -0.247 e. The van der Waals surface area contributed by atoms with Gasteiger partial charge in [0.05, 0.1) is 16.6 Å². The highest BCUT2D eigenvalue weighted by atomic mass is 79.9. The molecule has 0 fully saturated rings. The van der Waals surface area contributed by atoms with Crippen molar-refractivity contribution in [2.24, 2.45) is 0 Å². The van der Waals surface area contributed by atoms with E-state index in [2.05, 4.69) is 162 Å². The molecule has 0 atom stereocenters. The van der Waals surface area contributed by atoms with Crippen LogP contribution in [0.5, 0.6) is 0 Å². The van der Waals surface area contributed by atoms with Crippen LogP contribution in [0.4, 0.5) is 0 Å². The van der Waals surface area contributed by atoms with Crippen molar-refractivity contribution in [3.05, 3.63) is 172 Å². The van der Waals surface area contributed by atoms with Gasteiger partial charge in [0.2, 0.25) is 0 Å². The Bertz CT molecular complexity index is 2020. The Hall–Kier alpha value is -4.53. The monoisotopic (exact) mass is 573 g/mol. The summed E-state index contributed by atoms with van der Waals surface area (Å²) in [7, 11) is 0. The number of rotatable bonds is 3. The zero-order chi connectivity index (χ0) is 26.7. The van der Waals surface area contributed by atoms with E-state index in [-0.39, 0.29) is 0 Å². The molecule has 7 aromatic rings. The van der Waals surface area contributed by atoms with Gasteiger partial charge in [-0.2, -0.15) is 0 Å². The van der Waals surface area contributed by atoms with Gasteiger partial charge in [0.25, 0.3) is 0 Å². The molecule has 40 heavy (non-hydrogen) atoms. The van der Waals surface area contributed by atoms with E-state index in [0.29, 0.717) is 0 Å². The fraction of sp³-hybridized carbons (Fsp3) is 0.0263. The minimum absolute atomic E-state index is 0.428. The smallest absolute Gasteiger partial charge is 0.0788 e. The summed E-state index contributed by atoms with van der Waals surface area (Å²) in [5.41, 5.74) is 10.4. The largest absolute Gasteiger partial charge is 0.247 e. The van der Waals surface area contributed by atoms with Crippen molar-refractivity contribution in [2.45, 2.75) is 5.41 Å². The van der Waals surface area contributed by atoms with Crippen LogP contribution in [0, 0.1) is 0 Å². The average molecular weight is 575 g/mol. The van der Waals surface area contributed by atoms with E-state index >= 15 is 0 Å². The lowest BCUT2D eigenvalue weighted by molar-refractivity contribution is 0.769. The fourth-order valence-corrected chi connectivity index (χ4v) is 7.14. The number of aromatic nitrogens is 1. The molecule has 1 aliphatic carbocycles. The van der Waals surface area contributed by atoms with Crippen molar-refractivity contribution in [1.82, 2.24) is 4.98 Å². The number of pyridine rings is 1. The number of benzene rings is 6. The van der Waals surface area contributed by atoms with Gasteiger partial charge in [0.1, 0.15) is 0 Å². The predicted molar refractivity (Wildman–Crippen MR) is 170 cm³/mol. The summed E-state index contributed by atoms with van der Waals surface area (Å²) in [6, 6.07) is 52.7. The first-order chi connectivity index (χ1) is 19.7. The molecular formula is C38H24BrN. The maximum atomic E-state index is 5.23. The topological polar surface area (TPSA) is 12.9 Å². The van der Waals surface area contributed by atoms with Gasteiger partial charge in [-0.15, -0.1) is 0 Å². The van der Waals surface area contributed by atoms with E-state index < -0.39 is 5.41 Å². The van der Waals surface area contributed by atoms with Crippen LogP contribution >= 0.6 is 15.9 Å². The van der Waals surface area contributed by atoms with Crippen LogP contribution in [0.2, 0.25) is 0 Å². The Labute approximate surface area is 241 Å². The van der Waals surface area contributed by atoms with E-state index in [0.717, 1.165) is 21.2 Å². The first-order valence-corrected chi connectivity index (χ1v) is 14.4. The molecule has 0 saturated carbocycles. The second-order valence-corrected chi connectivity index (χ2v) is 11.4. The molecule has 2 heteroatoms. The van der Waals surface area contributed by atoms with E-state index in [1.807, 2.05) is 0 Å². The van der Waals surface area contributed by atoms with Crippen molar-refractivity contribution < 1.29 is 0 Å². The summed E-state index contributed by atoms with van der Waals surface area (Å²) in [6.45, 7) is 0. The lowest BCUT2D eigenvalue weighted by Crippen LogP contribution is -2.28. The summed E-state index contributed by atoms with van der Waals surface area (Å²) >= 11 is 3.68. The molecule has 0 N–H and O–H groups in total. The SMILES string of the molecule is Brc1cccc(-c2nc3ccccc3c3cc4c(cc23)-c2ccccc2C4(c2ccccc2)c2ccccc2)c1. The van der Waals surface area contributed by atoms with E-state index in [1.165, 1.54) is 49.5 Å². The minimum atomic E-state index is -0.428. The van der Waals surface area contributed by atoms with E-state index in [4.69, 9.17) is 4.98 Å². The molecular weight excluding hydrogens is 550 g/mol. The number of hydrogen-bond donors (Lipinski definition) is 0. The predicted octanol–water partition coefficient (Wildman–Crippen LogP) is 10.2. The van der Waals surface area contributed by atoms with Gasteiger partial charge in [-0.1, -0.05) is 131 Å². The first-order valence-electron chi connectivity index (χ1n) is 13.6. The van der Waals surface area contributed by atoms with Crippen LogP contribution in [0.25, 0.3) is 44.1 Å². The molecule has 0 bridgehead atoms. The van der Waals surface area contributed by atoms with Crippen LogP contribution in [0.1, 0.15) is 22.3 Å². The number of halogens is 1. The Kier molecular flexibility index (Phi) is 5.26. The molecule has 0 aliphatic heterocycles. The normalized spacial score (nSPS) is 13.3. The average Bonchev–Trinajstić information content (AvgIpc) is 3.31. The van der Waals surface area contributed by atoms with Gasteiger partial charge in [-0.05, 0) is 69.1 Å². The number of hydrogen-bond acceptors (Lipinski definition) is 1. The van der Waals surface area contributed by atoms with Crippen molar-refractivity contribution in [1.29, 1.82) is 0 Å². The van der Waals surface area contributed by atoms with Crippen molar-refractivity contribution in [2.75, 3.05) is 0 Å². The van der Waals surface area contributed by atoms with Gasteiger partial charge in [-0.3, -0.25) is 0 Å². The molecule has 0 radical (unpaired) electrons. The van der Waals surface area contributed by atoms with Crippen molar-refractivity contribution in [3.8, 4) is 22.4 Å². The third kappa shape index (κ3) is 3.30. The summed E-state index contributed by atoms with van der Waals surface area (Å²) in [6.07, 6.45) is 0. The third-order valence-corrected chi connectivity index (χ3v) is 8.87. The van der Waals surface area contributed by atoms with Crippen LogP contribution < -0.4 is 0 Å². The quantitative estimate of drug-likeness (QED) is 0.191. The number of para-hydroxylation sites is 1. The van der Waals surface area contributed by atoms with E-state index in [9.17, 15) is 0 Å². The Morgan fingerprint density at radius 1 is 0.475 bits per heavy atom. The summed E-state index contributed by atoms with van der Waals surface area (Å²) in [5, 5.41) is 3.57. The van der Waals surface area contributed by atoms with Crippen LogP contribution in [-0.2, 0) is 5.41 Å². The van der Waals surface area contributed by atoms with Gasteiger partial charge in [0, 0.05) is 20.8 Å². The Morgan fingerprint density at radius 3 is 1.90 bits per heavy atom. The molecule has 188 valence electrons. The molecule has 1 nitrogen and oxygen atoms in total. The van der Waals surface area contributed by atoms with Gasteiger partial charge < -0.3 is 0 Å². The Balaban J connectivity index is 1.57. The second-order valence-electron chi connectivity index (χ2n) is 10.5. The molecule has 0 unspecified atom stereocenters. The number of nitrogens with zero attached hydrogens (tertiary/aromatic N) is 1. The first kappa shape index (κ1) is 23.4. The maximum absolute atomic E-state index is 5.23. The number of fused-ring (bicyclic) bond motifs is 6. The van der Waals surface area contributed by atoms with Gasteiger partial charge in [-0.25, -0.2) is 4.98 Å². The maximum Gasteiger partial charge on any atom is 0.0788 e. The molecule has 8 rings (SSSR count). The van der Waals surface area contributed by atoms with Crippen LogP contribution in [-0.4, -0.2) is 4.98 Å². The molecule has 6 aromatic carbocycles. The molecule has 1 aliphatic rings. The highest BCUT2D eigenvalue weighted by Crippen LogP contribution is 2.57. The fourth-order valence-electron chi connectivity index (χ4n) is 6.74. The summed E-state index contributed by atoms with van der Waals surface area (Å²) in [5.74, 6) is 0. The highest BCUT2D eigenvalue weighted by Gasteiger charge is 2.46. The third-order valence-electron chi connectivity index (χ3n) is 8.38. The molecule has 0 saturated heterocycles. The molecule has 1 aromatic heterocycles. The molecule has 0 spiro atoms. The lowest BCUT2D eigenvalue weighted by atomic mass is 9.67. The lowest BCUT2D eigenvalue weighted by Gasteiger charge is -2.34. The van der Waals surface area contributed by atoms with E-state index in [1.54, 1.807) is 0 Å². The molecule has 0 amide bonds. The standard InChI is InChI=1S/C38H24BrN/c39-28-17-11-12-25(22-28)37-33-23-32-29-18-7-9-20-34(29)38(26-13-3-1-4-14-26,27-15-5-2-6-16-27)35(32)24-31(33)30-19-8-10-21-36(30)40-37/h1-24H. The summed E-state index contributed by atoms with van der Waals surface area (Å²) in [4.78, 5) is 5.23. The highest BCUT2D eigenvalue weighted by molar-refractivity contribution is 9.10. The Morgan fingerprint density at radius 2 is 1.15 bits per heavy atom. The molecule has 1 heterocycles. The van der Waals surface area contributed by atoms with Crippen LogP contribution in [0.3, 0.4) is 0 Å². The zero-order valence-electron chi connectivity index (χ0n) is 21.7. The van der Waals surface area contributed by atoms with Crippen molar-refractivity contribution in [3.63, 3.8) is 0 Å². The zero-order valence-corrected chi connectivity index (χ0v) is 23.3.